The van der Waals surface area contributed by atoms with Crippen molar-refractivity contribution in [1.29, 1.82) is 0 Å². The molecule has 1 aromatic heterocycles. The van der Waals surface area contributed by atoms with E-state index in [1.54, 1.807) is 10.9 Å². The summed E-state index contributed by atoms with van der Waals surface area (Å²) >= 11 is 0. The summed E-state index contributed by atoms with van der Waals surface area (Å²) in [6.45, 7) is 2.07. The number of nitrogens with zero attached hydrogens (tertiary/aromatic N) is 3. The van der Waals surface area contributed by atoms with Crippen LogP contribution < -0.4 is 0 Å². The molecule has 3 rings (SSSR count). The van der Waals surface area contributed by atoms with Crippen molar-refractivity contribution in [2.45, 2.75) is 30.9 Å². The van der Waals surface area contributed by atoms with Crippen molar-refractivity contribution in [2.75, 3.05) is 26.9 Å². The van der Waals surface area contributed by atoms with Crippen LogP contribution in [0.4, 0.5) is 0 Å². The summed E-state index contributed by atoms with van der Waals surface area (Å²) < 4.78 is 17.7. The van der Waals surface area contributed by atoms with Gasteiger partial charge in [-0.15, -0.1) is 5.10 Å². The van der Waals surface area contributed by atoms with Crippen LogP contribution in [0.2, 0.25) is 0 Å². The Hall–Kier alpha value is -1.47. The first-order valence-corrected chi connectivity index (χ1v) is 6.44. The Balaban J connectivity index is 1.74. The van der Waals surface area contributed by atoms with Gasteiger partial charge in [-0.2, -0.15) is 0 Å². The second-order valence-corrected chi connectivity index (χ2v) is 5.06. The van der Waals surface area contributed by atoms with E-state index in [1.165, 1.54) is 7.11 Å². The molecule has 0 aromatic carbocycles. The van der Waals surface area contributed by atoms with Crippen molar-refractivity contribution in [3.63, 3.8) is 0 Å². The molecule has 7 nitrogen and oxygen atoms in total. The zero-order chi connectivity index (χ0) is 13.3. The predicted octanol–water partition coefficient (Wildman–Crippen LogP) is 0.575. The molecule has 104 valence electrons. The van der Waals surface area contributed by atoms with Crippen molar-refractivity contribution >= 4 is 5.97 Å². The Morgan fingerprint density at radius 3 is 3.21 bits per heavy atom. The van der Waals surface area contributed by atoms with Crippen LogP contribution in [0.15, 0.2) is 6.20 Å². The van der Waals surface area contributed by atoms with E-state index in [1.807, 2.05) is 0 Å². The van der Waals surface area contributed by atoms with Crippen LogP contribution in [0.25, 0.3) is 0 Å². The van der Waals surface area contributed by atoms with E-state index in [9.17, 15) is 4.79 Å². The lowest BCUT2D eigenvalue weighted by molar-refractivity contribution is -0.0964. The monoisotopic (exact) mass is 267 g/mol. The highest BCUT2D eigenvalue weighted by atomic mass is 16.6. The maximum Gasteiger partial charge on any atom is 0.360 e. The quantitative estimate of drug-likeness (QED) is 0.729. The molecule has 0 aliphatic carbocycles. The van der Waals surface area contributed by atoms with Crippen LogP contribution in [-0.2, 0) is 14.2 Å². The standard InChI is InChI=1S/C12H17N3O4/c1-17-11(16)10-7-15(14-13-10)9-2-4-19-12(6-9)3-5-18-8-12/h7,9H,2-6,8H2,1H3. The Kier molecular flexibility index (Phi) is 3.24. The third-order valence-electron chi connectivity index (χ3n) is 3.81. The van der Waals surface area contributed by atoms with Gasteiger partial charge in [0.15, 0.2) is 5.69 Å². The van der Waals surface area contributed by atoms with E-state index in [-0.39, 0.29) is 17.3 Å². The highest BCUT2D eigenvalue weighted by molar-refractivity contribution is 5.86. The lowest BCUT2D eigenvalue weighted by atomic mass is 9.90. The van der Waals surface area contributed by atoms with Gasteiger partial charge in [0.1, 0.15) is 0 Å². The molecule has 3 heterocycles. The average molecular weight is 267 g/mol. The number of aromatic nitrogens is 3. The van der Waals surface area contributed by atoms with Gasteiger partial charge in [0.2, 0.25) is 0 Å². The summed E-state index contributed by atoms with van der Waals surface area (Å²) in [7, 11) is 1.33. The van der Waals surface area contributed by atoms with E-state index < -0.39 is 5.97 Å². The molecule has 1 aromatic rings. The number of hydrogen-bond donors (Lipinski definition) is 0. The van der Waals surface area contributed by atoms with Gasteiger partial charge in [0.05, 0.1) is 31.6 Å². The largest absolute Gasteiger partial charge is 0.464 e. The summed E-state index contributed by atoms with van der Waals surface area (Å²) in [5, 5.41) is 7.88. The van der Waals surface area contributed by atoms with Gasteiger partial charge in [-0.05, 0) is 6.42 Å². The smallest absolute Gasteiger partial charge is 0.360 e. The summed E-state index contributed by atoms with van der Waals surface area (Å²) in [4.78, 5) is 11.4. The Labute approximate surface area is 110 Å². The van der Waals surface area contributed by atoms with Crippen LogP contribution in [0.1, 0.15) is 35.8 Å². The molecule has 0 saturated carbocycles. The predicted molar refractivity (Wildman–Crippen MR) is 63.8 cm³/mol. The molecule has 2 aliphatic rings. The number of hydrogen-bond acceptors (Lipinski definition) is 6. The molecule has 2 atom stereocenters. The maximum absolute atomic E-state index is 11.4. The average Bonchev–Trinajstić information content (AvgIpc) is 3.08. The van der Waals surface area contributed by atoms with Crippen molar-refractivity contribution < 1.29 is 19.0 Å². The number of ether oxygens (including phenoxy) is 3. The molecule has 2 saturated heterocycles. The van der Waals surface area contributed by atoms with Gasteiger partial charge in [-0.25, -0.2) is 9.48 Å². The first-order chi connectivity index (χ1) is 9.22. The van der Waals surface area contributed by atoms with E-state index in [4.69, 9.17) is 9.47 Å². The van der Waals surface area contributed by atoms with Gasteiger partial charge in [0, 0.05) is 26.1 Å². The molecule has 19 heavy (non-hydrogen) atoms. The lowest BCUT2D eigenvalue weighted by Crippen LogP contribution is -2.41. The van der Waals surface area contributed by atoms with Crippen LogP contribution in [0, 0.1) is 0 Å². The second-order valence-electron chi connectivity index (χ2n) is 5.06. The Morgan fingerprint density at radius 2 is 2.47 bits per heavy atom. The summed E-state index contributed by atoms with van der Waals surface area (Å²) in [5.41, 5.74) is 0.0611. The number of carbonyl (C=O) groups excluding carboxylic acids is 1. The molecule has 7 heteroatoms. The molecule has 2 aliphatic heterocycles. The van der Waals surface area contributed by atoms with Crippen molar-refractivity contribution in [3.8, 4) is 0 Å². The third kappa shape index (κ3) is 2.35. The second kappa shape index (κ2) is 4.90. The van der Waals surface area contributed by atoms with E-state index in [0.717, 1.165) is 25.9 Å². The molecule has 0 bridgehead atoms. The highest BCUT2D eigenvalue weighted by Crippen LogP contribution is 2.37. The fraction of sp³-hybridized carbons (Fsp3) is 0.750. The van der Waals surface area contributed by atoms with E-state index in [0.29, 0.717) is 13.2 Å². The summed E-state index contributed by atoms with van der Waals surface area (Å²) in [5.74, 6) is -0.461. The molecule has 2 unspecified atom stereocenters. The first kappa shape index (κ1) is 12.6. The zero-order valence-corrected chi connectivity index (χ0v) is 10.9. The van der Waals surface area contributed by atoms with E-state index >= 15 is 0 Å². The van der Waals surface area contributed by atoms with Gasteiger partial charge < -0.3 is 14.2 Å². The molecular weight excluding hydrogens is 250 g/mol. The Morgan fingerprint density at radius 1 is 1.58 bits per heavy atom. The van der Waals surface area contributed by atoms with Crippen LogP contribution in [0.3, 0.4) is 0 Å². The third-order valence-corrected chi connectivity index (χ3v) is 3.81. The van der Waals surface area contributed by atoms with E-state index in [2.05, 4.69) is 15.0 Å². The number of rotatable bonds is 2. The van der Waals surface area contributed by atoms with Gasteiger partial charge in [-0.3, -0.25) is 0 Å². The first-order valence-electron chi connectivity index (χ1n) is 6.44. The van der Waals surface area contributed by atoms with Crippen LogP contribution in [-0.4, -0.2) is 53.5 Å². The summed E-state index contributed by atoms with van der Waals surface area (Å²) in [6.07, 6.45) is 4.27. The number of methoxy groups -OCH3 is 1. The van der Waals surface area contributed by atoms with Crippen LogP contribution >= 0.6 is 0 Å². The fourth-order valence-electron chi connectivity index (χ4n) is 2.74. The minimum atomic E-state index is -0.461. The van der Waals surface area contributed by atoms with Gasteiger partial charge >= 0.3 is 5.97 Å². The normalized spacial score (nSPS) is 30.7. The fourth-order valence-corrected chi connectivity index (χ4v) is 2.74. The SMILES string of the molecule is COC(=O)c1cn(C2CCOC3(CCOC3)C2)nn1. The minimum Gasteiger partial charge on any atom is -0.464 e. The van der Waals surface area contributed by atoms with Crippen molar-refractivity contribution in [2.24, 2.45) is 0 Å². The molecule has 1 spiro atoms. The topological polar surface area (TPSA) is 75.5 Å². The maximum atomic E-state index is 11.4. The zero-order valence-electron chi connectivity index (χ0n) is 10.9. The van der Waals surface area contributed by atoms with Crippen molar-refractivity contribution in [1.82, 2.24) is 15.0 Å². The van der Waals surface area contributed by atoms with Gasteiger partial charge in [0.25, 0.3) is 0 Å². The Bertz CT molecular complexity index is 467. The molecule has 0 N–H and O–H groups in total. The van der Waals surface area contributed by atoms with Crippen LogP contribution in [0.5, 0.6) is 0 Å². The highest BCUT2D eigenvalue weighted by Gasteiger charge is 2.41. The lowest BCUT2D eigenvalue weighted by Gasteiger charge is -2.36. The number of esters is 1. The van der Waals surface area contributed by atoms with Crippen molar-refractivity contribution in [3.05, 3.63) is 11.9 Å². The summed E-state index contributed by atoms with van der Waals surface area (Å²) in [6, 6.07) is 0.196. The van der Waals surface area contributed by atoms with Gasteiger partial charge in [-0.1, -0.05) is 5.21 Å². The molecular formula is C12H17N3O4. The molecule has 0 radical (unpaired) electrons. The number of carbonyl (C=O) groups is 1. The molecule has 0 amide bonds. The molecule has 2 fully saturated rings. The minimum absolute atomic E-state index is 0.180.